The van der Waals surface area contributed by atoms with Crippen molar-refractivity contribution in [2.75, 3.05) is 34.9 Å². The van der Waals surface area contributed by atoms with Crippen LogP contribution in [0.2, 0.25) is 0 Å². The zero-order valence-corrected chi connectivity index (χ0v) is 18.4. The van der Waals surface area contributed by atoms with Crippen LogP contribution in [0.1, 0.15) is 17.0 Å². The monoisotopic (exact) mass is 417 g/mol. The Morgan fingerprint density at radius 1 is 1.07 bits per heavy atom. The van der Waals surface area contributed by atoms with E-state index in [2.05, 4.69) is 4.90 Å². The number of aromatic nitrogens is 2. The SMILES string of the molecule is COc1ccc(OC)c(Cc2nc3ccc(C)cc3c(=O)n2CCN(C)C)c1.Cl. The van der Waals surface area contributed by atoms with E-state index in [4.69, 9.17) is 14.5 Å². The number of ether oxygens (including phenoxy) is 2. The van der Waals surface area contributed by atoms with Gasteiger partial charge in [-0.05, 0) is 51.4 Å². The average Bonchev–Trinajstić information content (AvgIpc) is 2.68. The Kier molecular flexibility index (Phi) is 7.65. The van der Waals surface area contributed by atoms with Crippen LogP contribution in [0.5, 0.6) is 11.5 Å². The smallest absolute Gasteiger partial charge is 0.261 e. The quantitative estimate of drug-likeness (QED) is 0.590. The number of aryl methyl sites for hydroxylation is 1. The standard InChI is InChI=1S/C22H27N3O3.ClH/c1-15-6-8-19-18(12-15)22(26)25(11-10-24(2)3)21(23-19)14-16-13-17(27-4)7-9-20(16)28-5;/h6-9,12-13H,10-11,14H2,1-5H3;1H. The molecule has 7 heteroatoms. The molecular formula is C22H28ClN3O3. The molecule has 0 aliphatic rings. The van der Waals surface area contributed by atoms with Crippen molar-refractivity contribution < 1.29 is 9.47 Å². The Balaban J connectivity index is 0.00000300. The number of halogens is 1. The lowest BCUT2D eigenvalue weighted by atomic mass is 10.1. The van der Waals surface area contributed by atoms with E-state index in [1.165, 1.54) is 0 Å². The van der Waals surface area contributed by atoms with E-state index >= 15 is 0 Å². The molecule has 3 aromatic rings. The van der Waals surface area contributed by atoms with Crippen molar-refractivity contribution in [2.45, 2.75) is 19.9 Å². The topological polar surface area (TPSA) is 56.6 Å². The number of hydrogen-bond donors (Lipinski definition) is 0. The molecule has 1 heterocycles. The Morgan fingerprint density at radius 3 is 2.48 bits per heavy atom. The van der Waals surface area contributed by atoms with Gasteiger partial charge in [0.25, 0.3) is 5.56 Å². The van der Waals surface area contributed by atoms with Gasteiger partial charge in [-0.3, -0.25) is 9.36 Å². The summed E-state index contributed by atoms with van der Waals surface area (Å²) < 4.78 is 12.6. The summed E-state index contributed by atoms with van der Waals surface area (Å²) in [6, 6.07) is 11.5. The van der Waals surface area contributed by atoms with E-state index in [9.17, 15) is 4.79 Å². The van der Waals surface area contributed by atoms with E-state index in [1.54, 1.807) is 18.8 Å². The minimum atomic E-state index is -0.00703. The van der Waals surface area contributed by atoms with Crippen LogP contribution in [-0.4, -0.2) is 49.3 Å². The van der Waals surface area contributed by atoms with Crippen LogP contribution < -0.4 is 15.0 Å². The van der Waals surface area contributed by atoms with Gasteiger partial charge in [-0.1, -0.05) is 11.6 Å². The molecule has 0 aliphatic carbocycles. The lowest BCUT2D eigenvalue weighted by molar-refractivity contribution is 0.376. The molecule has 29 heavy (non-hydrogen) atoms. The minimum absolute atomic E-state index is 0. The highest BCUT2D eigenvalue weighted by Crippen LogP contribution is 2.26. The molecule has 6 nitrogen and oxygen atoms in total. The van der Waals surface area contributed by atoms with Gasteiger partial charge in [-0.2, -0.15) is 0 Å². The van der Waals surface area contributed by atoms with E-state index in [-0.39, 0.29) is 18.0 Å². The van der Waals surface area contributed by atoms with E-state index in [1.807, 2.05) is 57.4 Å². The van der Waals surface area contributed by atoms with Gasteiger partial charge in [0.15, 0.2) is 0 Å². The molecular weight excluding hydrogens is 390 g/mol. The summed E-state index contributed by atoms with van der Waals surface area (Å²) in [6.45, 7) is 3.31. The maximum atomic E-state index is 13.2. The largest absolute Gasteiger partial charge is 0.497 e. The van der Waals surface area contributed by atoms with Crippen LogP contribution in [-0.2, 0) is 13.0 Å². The molecule has 0 N–H and O–H groups in total. The first-order valence-electron chi connectivity index (χ1n) is 9.28. The molecule has 156 valence electrons. The first-order valence-corrected chi connectivity index (χ1v) is 9.28. The summed E-state index contributed by atoms with van der Waals surface area (Å²) in [5.41, 5.74) is 2.69. The lowest BCUT2D eigenvalue weighted by Gasteiger charge is -2.17. The summed E-state index contributed by atoms with van der Waals surface area (Å²) >= 11 is 0. The molecule has 0 saturated carbocycles. The zero-order chi connectivity index (χ0) is 20.3. The van der Waals surface area contributed by atoms with Crippen molar-refractivity contribution in [3.63, 3.8) is 0 Å². The maximum Gasteiger partial charge on any atom is 0.261 e. The second-order valence-corrected chi connectivity index (χ2v) is 7.16. The van der Waals surface area contributed by atoms with Gasteiger partial charge in [0.05, 0.1) is 25.1 Å². The fourth-order valence-corrected chi connectivity index (χ4v) is 3.24. The Labute approximate surface area is 177 Å². The van der Waals surface area contributed by atoms with E-state index < -0.39 is 0 Å². The second kappa shape index (κ2) is 9.76. The summed E-state index contributed by atoms with van der Waals surface area (Å²) in [5.74, 6) is 2.21. The van der Waals surface area contributed by atoms with Crippen molar-refractivity contribution in [1.29, 1.82) is 0 Å². The van der Waals surface area contributed by atoms with Crippen LogP contribution in [0.4, 0.5) is 0 Å². The summed E-state index contributed by atoms with van der Waals surface area (Å²) in [4.78, 5) is 20.1. The predicted octanol–water partition coefficient (Wildman–Crippen LogP) is 3.30. The average molecular weight is 418 g/mol. The van der Waals surface area contributed by atoms with E-state index in [0.717, 1.165) is 35.0 Å². The normalized spacial score (nSPS) is 10.8. The predicted molar refractivity (Wildman–Crippen MR) is 119 cm³/mol. The van der Waals surface area contributed by atoms with Crippen LogP contribution in [0.15, 0.2) is 41.2 Å². The number of benzene rings is 2. The van der Waals surface area contributed by atoms with Crippen LogP contribution in [0, 0.1) is 6.92 Å². The summed E-state index contributed by atoms with van der Waals surface area (Å²) in [5, 5.41) is 0.653. The molecule has 0 bridgehead atoms. The molecule has 0 atom stereocenters. The van der Waals surface area contributed by atoms with Crippen molar-refractivity contribution in [2.24, 2.45) is 0 Å². The van der Waals surface area contributed by atoms with E-state index in [0.29, 0.717) is 23.9 Å². The van der Waals surface area contributed by atoms with Crippen molar-refractivity contribution in [1.82, 2.24) is 14.5 Å². The van der Waals surface area contributed by atoms with Gasteiger partial charge in [-0.15, -0.1) is 12.4 Å². The molecule has 0 amide bonds. The fourth-order valence-electron chi connectivity index (χ4n) is 3.24. The maximum absolute atomic E-state index is 13.2. The molecule has 1 aromatic heterocycles. The lowest BCUT2D eigenvalue weighted by Crippen LogP contribution is -2.30. The van der Waals surface area contributed by atoms with Gasteiger partial charge < -0.3 is 14.4 Å². The van der Waals surface area contributed by atoms with Gasteiger partial charge in [0.1, 0.15) is 17.3 Å². The summed E-state index contributed by atoms with van der Waals surface area (Å²) in [6.07, 6.45) is 0.479. The highest BCUT2D eigenvalue weighted by molar-refractivity contribution is 5.85. The van der Waals surface area contributed by atoms with Crippen LogP contribution >= 0.6 is 12.4 Å². The number of nitrogens with zero attached hydrogens (tertiary/aromatic N) is 3. The van der Waals surface area contributed by atoms with Crippen molar-refractivity contribution in [3.8, 4) is 11.5 Å². The highest BCUT2D eigenvalue weighted by atomic mass is 35.5. The molecule has 0 radical (unpaired) electrons. The third-order valence-electron chi connectivity index (χ3n) is 4.80. The van der Waals surface area contributed by atoms with Gasteiger partial charge in [-0.25, -0.2) is 4.98 Å². The molecule has 3 rings (SSSR count). The number of fused-ring (bicyclic) bond motifs is 1. The molecule has 0 aliphatic heterocycles. The van der Waals surface area contributed by atoms with Crippen LogP contribution in [0.25, 0.3) is 10.9 Å². The van der Waals surface area contributed by atoms with Crippen molar-refractivity contribution >= 4 is 23.3 Å². The molecule has 0 fully saturated rings. The first-order chi connectivity index (χ1) is 13.4. The van der Waals surface area contributed by atoms with Gasteiger partial charge in [0.2, 0.25) is 0 Å². The molecule has 0 spiro atoms. The molecule has 0 unspecified atom stereocenters. The van der Waals surface area contributed by atoms with Crippen molar-refractivity contribution in [3.05, 3.63) is 63.7 Å². The Morgan fingerprint density at radius 2 is 1.83 bits per heavy atom. The number of methoxy groups -OCH3 is 2. The minimum Gasteiger partial charge on any atom is -0.497 e. The number of likely N-dealkylation sites (N-methyl/N-ethyl adjacent to an activating group) is 1. The Bertz CT molecular complexity index is 1050. The third kappa shape index (κ3) is 5.08. The van der Waals surface area contributed by atoms with Crippen LogP contribution in [0.3, 0.4) is 0 Å². The zero-order valence-electron chi connectivity index (χ0n) is 17.6. The second-order valence-electron chi connectivity index (χ2n) is 7.16. The Hall–Kier alpha value is -2.57. The van der Waals surface area contributed by atoms with Gasteiger partial charge >= 0.3 is 0 Å². The number of rotatable bonds is 7. The molecule has 0 saturated heterocycles. The first kappa shape index (κ1) is 22.7. The highest BCUT2D eigenvalue weighted by Gasteiger charge is 2.15. The third-order valence-corrected chi connectivity index (χ3v) is 4.80. The number of hydrogen-bond acceptors (Lipinski definition) is 5. The fraction of sp³-hybridized carbons (Fsp3) is 0.364. The molecule has 2 aromatic carbocycles. The summed E-state index contributed by atoms with van der Waals surface area (Å²) in [7, 11) is 7.26. The van der Waals surface area contributed by atoms with Gasteiger partial charge in [0, 0.05) is 25.1 Å².